The molecule has 0 unspecified atom stereocenters. The van der Waals surface area contributed by atoms with Crippen LogP contribution in [0.15, 0.2) is 42.5 Å². The van der Waals surface area contributed by atoms with Crippen molar-refractivity contribution in [2.24, 2.45) is 0 Å². The molecule has 0 N–H and O–H groups in total. The summed E-state index contributed by atoms with van der Waals surface area (Å²) in [6.45, 7) is 0.750. The fourth-order valence-corrected chi connectivity index (χ4v) is 1.99. The highest BCUT2D eigenvalue weighted by Crippen LogP contribution is 2.31. The number of ether oxygens (including phenoxy) is 4. The second-order valence-electron chi connectivity index (χ2n) is 4.82. The van der Waals surface area contributed by atoms with Crippen molar-refractivity contribution in [2.45, 2.75) is 6.42 Å². The van der Waals surface area contributed by atoms with Crippen LogP contribution in [0.1, 0.15) is 6.42 Å². The van der Waals surface area contributed by atoms with E-state index in [0.29, 0.717) is 25.4 Å². The molecule has 0 radical (unpaired) electrons. The van der Waals surface area contributed by atoms with Crippen LogP contribution in [0.3, 0.4) is 0 Å². The number of hydrogen-bond acceptors (Lipinski definition) is 6. The van der Waals surface area contributed by atoms with Crippen molar-refractivity contribution in [3.05, 3.63) is 52.6 Å². The maximum atomic E-state index is 11.1. The number of nitro groups is 1. The van der Waals surface area contributed by atoms with Crippen molar-refractivity contribution >= 4 is 5.69 Å². The molecule has 128 valence electrons. The topological polar surface area (TPSA) is 80.1 Å². The molecule has 7 nitrogen and oxygen atoms in total. The van der Waals surface area contributed by atoms with Gasteiger partial charge in [-0.25, -0.2) is 0 Å². The Bertz CT molecular complexity index is 671. The summed E-state index contributed by atoms with van der Waals surface area (Å²) in [6, 6.07) is 11.7. The van der Waals surface area contributed by atoms with E-state index in [1.54, 1.807) is 13.2 Å². The standard InChI is InChI=1S/C17H19NO6/c1-21-13-4-6-14(7-5-13)23-10-3-11-24-17-9-8-15(22-2)12-16(17)18(19)20/h4-9,12H,3,10-11H2,1-2H3. The second-order valence-corrected chi connectivity index (χ2v) is 4.82. The van der Waals surface area contributed by atoms with Gasteiger partial charge in [-0.2, -0.15) is 0 Å². The molecule has 0 aromatic heterocycles. The Morgan fingerprint density at radius 1 is 0.875 bits per heavy atom. The zero-order chi connectivity index (χ0) is 17.4. The second kappa shape index (κ2) is 8.61. The fourth-order valence-electron chi connectivity index (χ4n) is 1.99. The van der Waals surface area contributed by atoms with Gasteiger partial charge in [0.25, 0.3) is 0 Å². The molecule has 0 aliphatic heterocycles. The maximum Gasteiger partial charge on any atom is 0.314 e. The summed E-state index contributed by atoms with van der Waals surface area (Å²) < 4.78 is 21.1. The Morgan fingerprint density at radius 2 is 1.46 bits per heavy atom. The first-order valence-corrected chi connectivity index (χ1v) is 7.36. The quantitative estimate of drug-likeness (QED) is 0.397. The molecule has 0 aliphatic carbocycles. The molecule has 0 amide bonds. The lowest BCUT2D eigenvalue weighted by atomic mass is 10.3. The van der Waals surface area contributed by atoms with Gasteiger partial charge < -0.3 is 18.9 Å². The van der Waals surface area contributed by atoms with E-state index >= 15 is 0 Å². The van der Waals surface area contributed by atoms with Gasteiger partial charge in [-0.15, -0.1) is 0 Å². The molecule has 2 rings (SSSR count). The van der Waals surface area contributed by atoms with E-state index in [4.69, 9.17) is 18.9 Å². The molecular weight excluding hydrogens is 314 g/mol. The molecule has 0 fully saturated rings. The van der Waals surface area contributed by atoms with E-state index in [9.17, 15) is 10.1 Å². The van der Waals surface area contributed by atoms with Crippen molar-refractivity contribution < 1.29 is 23.9 Å². The average Bonchev–Trinajstić information content (AvgIpc) is 2.62. The normalized spacial score (nSPS) is 10.1. The molecule has 24 heavy (non-hydrogen) atoms. The third kappa shape index (κ3) is 4.77. The number of nitro benzene ring substituents is 1. The van der Waals surface area contributed by atoms with Crippen LogP contribution in [-0.4, -0.2) is 32.4 Å². The minimum absolute atomic E-state index is 0.120. The molecule has 0 saturated heterocycles. The Balaban J connectivity index is 1.80. The third-order valence-corrected chi connectivity index (χ3v) is 3.24. The Kier molecular flexibility index (Phi) is 6.24. The van der Waals surface area contributed by atoms with Gasteiger partial charge in [0.2, 0.25) is 0 Å². The zero-order valence-electron chi connectivity index (χ0n) is 13.6. The molecule has 0 saturated carbocycles. The van der Waals surface area contributed by atoms with Gasteiger partial charge in [0, 0.05) is 6.42 Å². The molecule has 2 aromatic rings. The molecule has 0 atom stereocenters. The maximum absolute atomic E-state index is 11.1. The molecule has 2 aromatic carbocycles. The van der Waals surface area contributed by atoms with Crippen molar-refractivity contribution in [1.29, 1.82) is 0 Å². The van der Waals surface area contributed by atoms with Crippen LogP contribution >= 0.6 is 0 Å². The van der Waals surface area contributed by atoms with Gasteiger partial charge in [0.05, 0.1) is 38.4 Å². The smallest absolute Gasteiger partial charge is 0.314 e. The molecule has 0 spiro atoms. The minimum Gasteiger partial charge on any atom is -0.497 e. The predicted octanol–water partition coefficient (Wildman–Crippen LogP) is 3.46. The first-order chi connectivity index (χ1) is 11.6. The lowest BCUT2D eigenvalue weighted by molar-refractivity contribution is -0.385. The molecule has 0 heterocycles. The highest BCUT2D eigenvalue weighted by molar-refractivity contribution is 5.50. The number of hydrogen-bond donors (Lipinski definition) is 0. The molecule has 0 aliphatic rings. The van der Waals surface area contributed by atoms with Crippen LogP contribution < -0.4 is 18.9 Å². The molecular formula is C17H19NO6. The highest BCUT2D eigenvalue weighted by Gasteiger charge is 2.16. The van der Waals surface area contributed by atoms with Crippen molar-refractivity contribution in [3.8, 4) is 23.0 Å². The highest BCUT2D eigenvalue weighted by atomic mass is 16.6. The van der Waals surface area contributed by atoms with Crippen LogP contribution in [0.5, 0.6) is 23.0 Å². The number of nitrogens with zero attached hydrogens (tertiary/aromatic N) is 1. The van der Waals surface area contributed by atoms with E-state index in [0.717, 1.165) is 11.5 Å². The van der Waals surface area contributed by atoms with Crippen LogP contribution in [0.2, 0.25) is 0 Å². The van der Waals surface area contributed by atoms with Gasteiger partial charge in [-0.1, -0.05) is 0 Å². The van der Waals surface area contributed by atoms with Gasteiger partial charge in [-0.3, -0.25) is 10.1 Å². The van der Waals surface area contributed by atoms with Gasteiger partial charge >= 0.3 is 5.69 Å². The summed E-state index contributed by atoms with van der Waals surface area (Å²) in [7, 11) is 3.06. The van der Waals surface area contributed by atoms with Crippen molar-refractivity contribution in [1.82, 2.24) is 0 Å². The fraction of sp³-hybridized carbons (Fsp3) is 0.294. The lowest BCUT2D eigenvalue weighted by Gasteiger charge is -2.09. The number of rotatable bonds is 9. The van der Waals surface area contributed by atoms with Crippen LogP contribution in [0.4, 0.5) is 5.69 Å². The van der Waals surface area contributed by atoms with Crippen molar-refractivity contribution in [2.75, 3.05) is 27.4 Å². The molecule has 0 bridgehead atoms. The van der Waals surface area contributed by atoms with Crippen LogP contribution in [0.25, 0.3) is 0 Å². The number of methoxy groups -OCH3 is 2. The van der Waals surface area contributed by atoms with Crippen LogP contribution in [0, 0.1) is 10.1 Å². The summed E-state index contributed by atoms with van der Waals surface area (Å²) in [5.74, 6) is 2.12. The van der Waals surface area contributed by atoms with Gasteiger partial charge in [0.1, 0.15) is 17.2 Å². The van der Waals surface area contributed by atoms with Crippen molar-refractivity contribution in [3.63, 3.8) is 0 Å². The lowest BCUT2D eigenvalue weighted by Crippen LogP contribution is -2.06. The predicted molar refractivity (Wildman–Crippen MR) is 88.2 cm³/mol. The average molecular weight is 333 g/mol. The summed E-state index contributed by atoms with van der Waals surface area (Å²) in [5.41, 5.74) is -0.120. The SMILES string of the molecule is COc1ccc(OCCCOc2ccc(OC)cc2[N+](=O)[O-])cc1. The van der Waals surface area contributed by atoms with Gasteiger partial charge in [0.15, 0.2) is 5.75 Å². The van der Waals surface area contributed by atoms with Gasteiger partial charge in [-0.05, 0) is 36.4 Å². The minimum atomic E-state index is -0.494. The van der Waals surface area contributed by atoms with E-state index < -0.39 is 4.92 Å². The van der Waals surface area contributed by atoms with E-state index in [1.165, 1.54) is 19.2 Å². The Labute approximate surface area is 139 Å². The summed E-state index contributed by atoms with van der Waals surface area (Å²) in [4.78, 5) is 10.6. The Hall–Kier alpha value is -2.96. The van der Waals surface area contributed by atoms with Crippen LogP contribution in [-0.2, 0) is 0 Å². The third-order valence-electron chi connectivity index (χ3n) is 3.24. The van der Waals surface area contributed by atoms with E-state index in [2.05, 4.69) is 0 Å². The summed E-state index contributed by atoms with van der Waals surface area (Å²) in [5, 5.41) is 11.1. The first-order valence-electron chi connectivity index (χ1n) is 7.36. The zero-order valence-corrected chi connectivity index (χ0v) is 13.6. The Morgan fingerprint density at radius 3 is 2.08 bits per heavy atom. The largest absolute Gasteiger partial charge is 0.497 e. The van der Waals surface area contributed by atoms with E-state index in [1.807, 2.05) is 24.3 Å². The first kappa shape index (κ1) is 17.4. The summed E-state index contributed by atoms with van der Waals surface area (Å²) >= 11 is 0. The monoisotopic (exact) mass is 333 g/mol. The summed E-state index contributed by atoms with van der Waals surface area (Å²) in [6.07, 6.45) is 0.592. The number of benzene rings is 2. The van der Waals surface area contributed by atoms with E-state index in [-0.39, 0.29) is 11.4 Å². The molecule has 7 heteroatoms.